The Morgan fingerprint density at radius 2 is 2.24 bits per heavy atom. The lowest BCUT2D eigenvalue weighted by atomic mass is 10.2. The van der Waals surface area contributed by atoms with E-state index < -0.39 is 0 Å². The molecule has 1 atom stereocenters. The summed E-state index contributed by atoms with van der Waals surface area (Å²) in [6.07, 6.45) is 5.45. The summed E-state index contributed by atoms with van der Waals surface area (Å²) in [6, 6.07) is 2.45. The predicted molar refractivity (Wildman–Crippen MR) is 66.7 cm³/mol. The van der Waals surface area contributed by atoms with Gasteiger partial charge in [-0.05, 0) is 26.5 Å². The Balaban J connectivity index is 2.36. The van der Waals surface area contributed by atoms with Crippen LogP contribution < -0.4 is 5.32 Å². The van der Waals surface area contributed by atoms with Crippen LogP contribution in [0.3, 0.4) is 0 Å². The number of hydrogen-bond donors (Lipinski definition) is 2. The standard InChI is InChI=1S/C12H19N5/c1-4-13-11(12-14-7-8-15-12)10-5-6-16-17(10)9(2)3/h5-9,11,13H,4H2,1-3H3,(H,14,15). The van der Waals surface area contributed by atoms with E-state index in [1.165, 1.54) is 0 Å². The first kappa shape index (κ1) is 11.9. The van der Waals surface area contributed by atoms with Crippen LogP contribution in [-0.2, 0) is 0 Å². The van der Waals surface area contributed by atoms with Gasteiger partial charge >= 0.3 is 0 Å². The summed E-state index contributed by atoms with van der Waals surface area (Å²) in [5.74, 6) is 0.925. The number of H-pyrrole nitrogens is 1. The highest BCUT2D eigenvalue weighted by Gasteiger charge is 2.20. The lowest BCUT2D eigenvalue weighted by molar-refractivity contribution is 0.469. The molecule has 0 radical (unpaired) electrons. The number of imidazole rings is 1. The van der Waals surface area contributed by atoms with Crippen LogP contribution in [0.15, 0.2) is 24.7 Å². The molecule has 0 aliphatic carbocycles. The van der Waals surface area contributed by atoms with Crippen LogP contribution >= 0.6 is 0 Å². The van der Waals surface area contributed by atoms with Gasteiger partial charge in [0.2, 0.25) is 0 Å². The minimum Gasteiger partial charge on any atom is -0.347 e. The van der Waals surface area contributed by atoms with Gasteiger partial charge in [0.25, 0.3) is 0 Å². The van der Waals surface area contributed by atoms with Crippen molar-refractivity contribution >= 4 is 0 Å². The van der Waals surface area contributed by atoms with Crippen molar-refractivity contribution in [3.63, 3.8) is 0 Å². The van der Waals surface area contributed by atoms with Crippen molar-refractivity contribution in [1.29, 1.82) is 0 Å². The fourth-order valence-corrected chi connectivity index (χ4v) is 1.97. The number of rotatable bonds is 5. The zero-order chi connectivity index (χ0) is 12.3. The minimum absolute atomic E-state index is 0.0694. The lowest BCUT2D eigenvalue weighted by Gasteiger charge is -2.19. The zero-order valence-corrected chi connectivity index (χ0v) is 10.5. The molecule has 0 saturated carbocycles. The van der Waals surface area contributed by atoms with Crippen LogP contribution in [-0.4, -0.2) is 26.3 Å². The van der Waals surface area contributed by atoms with E-state index in [4.69, 9.17) is 0 Å². The molecule has 5 nitrogen and oxygen atoms in total. The van der Waals surface area contributed by atoms with Crippen molar-refractivity contribution in [3.8, 4) is 0 Å². The van der Waals surface area contributed by atoms with Crippen molar-refractivity contribution < 1.29 is 0 Å². The van der Waals surface area contributed by atoms with Gasteiger partial charge < -0.3 is 10.3 Å². The highest BCUT2D eigenvalue weighted by atomic mass is 15.3. The van der Waals surface area contributed by atoms with E-state index in [1.807, 2.05) is 23.1 Å². The van der Waals surface area contributed by atoms with Crippen LogP contribution in [0.4, 0.5) is 0 Å². The maximum atomic E-state index is 4.36. The Morgan fingerprint density at radius 3 is 2.82 bits per heavy atom. The van der Waals surface area contributed by atoms with E-state index in [0.717, 1.165) is 18.1 Å². The zero-order valence-electron chi connectivity index (χ0n) is 10.5. The fraction of sp³-hybridized carbons (Fsp3) is 0.500. The highest BCUT2D eigenvalue weighted by Crippen LogP contribution is 2.21. The second-order valence-electron chi connectivity index (χ2n) is 4.26. The predicted octanol–water partition coefficient (Wildman–Crippen LogP) is 1.89. The molecule has 92 valence electrons. The average Bonchev–Trinajstić information content (AvgIpc) is 2.96. The van der Waals surface area contributed by atoms with Gasteiger partial charge in [-0.15, -0.1) is 0 Å². The molecule has 2 rings (SSSR count). The molecule has 0 aliphatic rings. The van der Waals surface area contributed by atoms with Crippen LogP contribution in [0, 0.1) is 0 Å². The molecule has 0 fully saturated rings. The third-order valence-corrected chi connectivity index (χ3v) is 2.69. The molecule has 2 heterocycles. The van der Waals surface area contributed by atoms with E-state index in [-0.39, 0.29) is 6.04 Å². The molecule has 0 aliphatic heterocycles. The van der Waals surface area contributed by atoms with Crippen molar-refractivity contribution in [2.45, 2.75) is 32.9 Å². The van der Waals surface area contributed by atoms with Crippen LogP contribution in [0.2, 0.25) is 0 Å². The summed E-state index contributed by atoms with van der Waals surface area (Å²) in [5, 5.41) is 7.79. The van der Waals surface area contributed by atoms with Gasteiger partial charge in [-0.3, -0.25) is 4.68 Å². The summed E-state index contributed by atoms with van der Waals surface area (Å²) in [5.41, 5.74) is 1.14. The minimum atomic E-state index is 0.0694. The van der Waals surface area contributed by atoms with E-state index >= 15 is 0 Å². The molecule has 0 saturated heterocycles. The first-order valence-corrected chi connectivity index (χ1v) is 6.00. The Bertz CT molecular complexity index is 443. The third-order valence-electron chi connectivity index (χ3n) is 2.69. The van der Waals surface area contributed by atoms with Gasteiger partial charge in [0.1, 0.15) is 11.9 Å². The van der Waals surface area contributed by atoms with Crippen LogP contribution in [0.25, 0.3) is 0 Å². The van der Waals surface area contributed by atoms with Gasteiger partial charge in [0, 0.05) is 24.6 Å². The SMILES string of the molecule is CCNC(c1ncc[nH]1)c1ccnn1C(C)C. The van der Waals surface area contributed by atoms with Crippen molar-refractivity contribution in [3.05, 3.63) is 36.2 Å². The van der Waals surface area contributed by atoms with Gasteiger partial charge in [-0.1, -0.05) is 6.92 Å². The first-order chi connectivity index (χ1) is 8.24. The molecule has 2 aromatic heterocycles. The molecular formula is C12H19N5. The molecule has 0 bridgehead atoms. The van der Waals surface area contributed by atoms with Gasteiger partial charge in [-0.25, -0.2) is 4.98 Å². The summed E-state index contributed by atoms with van der Waals surface area (Å²) in [4.78, 5) is 7.49. The second-order valence-corrected chi connectivity index (χ2v) is 4.26. The Morgan fingerprint density at radius 1 is 1.41 bits per heavy atom. The number of nitrogens with zero attached hydrogens (tertiary/aromatic N) is 3. The molecular weight excluding hydrogens is 214 g/mol. The molecule has 17 heavy (non-hydrogen) atoms. The molecule has 5 heteroatoms. The molecule has 2 aromatic rings. The van der Waals surface area contributed by atoms with Crippen molar-refractivity contribution in [1.82, 2.24) is 25.1 Å². The number of hydrogen-bond acceptors (Lipinski definition) is 3. The molecule has 1 unspecified atom stereocenters. The third kappa shape index (κ3) is 2.39. The summed E-state index contributed by atoms with van der Waals surface area (Å²) in [6.45, 7) is 7.23. The molecule has 0 amide bonds. The number of aromatic nitrogens is 4. The van der Waals surface area contributed by atoms with Gasteiger partial charge in [0.15, 0.2) is 0 Å². The molecule has 2 N–H and O–H groups in total. The first-order valence-electron chi connectivity index (χ1n) is 6.00. The van der Waals surface area contributed by atoms with E-state index in [0.29, 0.717) is 6.04 Å². The van der Waals surface area contributed by atoms with E-state index in [1.54, 1.807) is 6.20 Å². The largest absolute Gasteiger partial charge is 0.347 e. The topological polar surface area (TPSA) is 58.5 Å². The number of aromatic amines is 1. The van der Waals surface area contributed by atoms with Crippen LogP contribution in [0.5, 0.6) is 0 Å². The average molecular weight is 233 g/mol. The number of nitrogens with one attached hydrogen (secondary N) is 2. The lowest BCUT2D eigenvalue weighted by Crippen LogP contribution is -2.26. The van der Waals surface area contributed by atoms with E-state index in [2.05, 4.69) is 41.2 Å². The normalized spacial score (nSPS) is 13.2. The van der Waals surface area contributed by atoms with Crippen molar-refractivity contribution in [2.24, 2.45) is 0 Å². The molecule has 0 aromatic carbocycles. The quantitative estimate of drug-likeness (QED) is 0.829. The second kappa shape index (κ2) is 5.14. The van der Waals surface area contributed by atoms with Crippen molar-refractivity contribution in [2.75, 3.05) is 6.54 Å². The Labute approximate surface area is 101 Å². The maximum Gasteiger partial charge on any atom is 0.129 e. The van der Waals surface area contributed by atoms with Gasteiger partial charge in [0.05, 0.1) is 5.69 Å². The fourth-order valence-electron chi connectivity index (χ4n) is 1.97. The van der Waals surface area contributed by atoms with E-state index in [9.17, 15) is 0 Å². The Hall–Kier alpha value is -1.62. The van der Waals surface area contributed by atoms with Crippen LogP contribution in [0.1, 0.15) is 44.4 Å². The maximum absolute atomic E-state index is 4.36. The van der Waals surface area contributed by atoms with Gasteiger partial charge in [-0.2, -0.15) is 5.10 Å². The summed E-state index contributed by atoms with van der Waals surface area (Å²) >= 11 is 0. The highest BCUT2D eigenvalue weighted by molar-refractivity contribution is 5.17. The summed E-state index contributed by atoms with van der Waals surface area (Å²) in [7, 11) is 0. The smallest absolute Gasteiger partial charge is 0.129 e. The monoisotopic (exact) mass is 233 g/mol. The Kier molecular flexibility index (Phi) is 3.58. The molecule has 0 spiro atoms. The summed E-state index contributed by atoms with van der Waals surface area (Å²) < 4.78 is 2.02.